The van der Waals surface area contributed by atoms with Crippen LogP contribution in [0, 0.1) is 6.92 Å². The van der Waals surface area contributed by atoms with E-state index >= 15 is 0 Å². The molecule has 0 saturated heterocycles. The zero-order chi connectivity index (χ0) is 10.8. The SMILES string of the molecule is CC.Cc1nc2c(s1)CCc1nonc1-2. The summed E-state index contributed by atoms with van der Waals surface area (Å²) >= 11 is 1.74. The largest absolute Gasteiger partial charge is 0.244 e. The van der Waals surface area contributed by atoms with Crippen LogP contribution in [0.4, 0.5) is 0 Å². The fourth-order valence-corrected chi connectivity index (χ4v) is 2.54. The molecule has 5 heteroatoms. The van der Waals surface area contributed by atoms with Crippen LogP contribution in [0.5, 0.6) is 0 Å². The summed E-state index contributed by atoms with van der Waals surface area (Å²) in [6, 6.07) is 0. The molecule has 0 amide bonds. The molecular weight excluding hydrogens is 210 g/mol. The average Bonchev–Trinajstić information content (AvgIpc) is 2.84. The summed E-state index contributed by atoms with van der Waals surface area (Å²) < 4.78 is 4.70. The number of fused-ring (bicyclic) bond motifs is 3. The van der Waals surface area contributed by atoms with E-state index in [0.29, 0.717) is 0 Å². The minimum Gasteiger partial charge on any atom is -0.244 e. The van der Waals surface area contributed by atoms with Gasteiger partial charge in [-0.3, -0.25) is 0 Å². The number of aromatic nitrogens is 3. The quantitative estimate of drug-likeness (QED) is 0.689. The first-order valence-electron chi connectivity index (χ1n) is 5.12. The molecule has 2 heterocycles. The summed E-state index contributed by atoms with van der Waals surface area (Å²) in [5.41, 5.74) is 2.76. The van der Waals surface area contributed by atoms with Gasteiger partial charge in [-0.15, -0.1) is 11.3 Å². The Kier molecular flexibility index (Phi) is 2.81. The van der Waals surface area contributed by atoms with E-state index in [-0.39, 0.29) is 0 Å². The van der Waals surface area contributed by atoms with Crippen molar-refractivity contribution in [3.63, 3.8) is 0 Å². The van der Waals surface area contributed by atoms with Crippen LogP contribution in [0.15, 0.2) is 4.63 Å². The molecule has 2 aromatic heterocycles. The Hall–Kier alpha value is -1.23. The Morgan fingerprint density at radius 1 is 1.13 bits per heavy atom. The minimum atomic E-state index is 0.839. The first kappa shape index (κ1) is 10.3. The fourth-order valence-electron chi connectivity index (χ4n) is 1.61. The first-order valence-corrected chi connectivity index (χ1v) is 5.94. The van der Waals surface area contributed by atoms with E-state index in [4.69, 9.17) is 4.63 Å². The molecule has 0 unspecified atom stereocenters. The van der Waals surface area contributed by atoms with Crippen LogP contribution < -0.4 is 0 Å². The Labute approximate surface area is 92.3 Å². The molecule has 0 fully saturated rings. The Morgan fingerprint density at radius 3 is 2.73 bits per heavy atom. The maximum Gasteiger partial charge on any atom is 0.157 e. The molecule has 0 spiro atoms. The molecule has 0 aromatic carbocycles. The van der Waals surface area contributed by atoms with E-state index in [9.17, 15) is 0 Å². The second kappa shape index (κ2) is 4.10. The molecule has 80 valence electrons. The van der Waals surface area contributed by atoms with Crippen molar-refractivity contribution in [1.29, 1.82) is 0 Å². The predicted molar refractivity (Wildman–Crippen MR) is 58.9 cm³/mol. The molecule has 0 bridgehead atoms. The van der Waals surface area contributed by atoms with Gasteiger partial charge in [0.15, 0.2) is 5.69 Å². The van der Waals surface area contributed by atoms with E-state index in [0.717, 1.165) is 34.9 Å². The third kappa shape index (κ3) is 1.67. The van der Waals surface area contributed by atoms with Crippen LogP contribution in [-0.2, 0) is 12.8 Å². The number of hydrogen-bond acceptors (Lipinski definition) is 5. The molecule has 0 N–H and O–H groups in total. The van der Waals surface area contributed by atoms with E-state index in [2.05, 4.69) is 15.3 Å². The standard InChI is InChI=1S/C8H7N3OS.C2H6/c1-4-9-8-6(13-4)3-2-5-7(8)11-12-10-5;1-2/h2-3H2,1H3;1-2H3. The molecule has 0 atom stereocenters. The van der Waals surface area contributed by atoms with Crippen LogP contribution in [0.2, 0.25) is 0 Å². The summed E-state index contributed by atoms with van der Waals surface area (Å²) in [6.07, 6.45) is 1.94. The highest BCUT2D eigenvalue weighted by Gasteiger charge is 2.24. The molecule has 4 nitrogen and oxygen atoms in total. The molecule has 1 aliphatic rings. The smallest absolute Gasteiger partial charge is 0.157 e. The monoisotopic (exact) mass is 223 g/mol. The summed E-state index contributed by atoms with van der Waals surface area (Å²) in [4.78, 5) is 5.73. The van der Waals surface area contributed by atoms with Crippen LogP contribution in [0.1, 0.15) is 29.4 Å². The van der Waals surface area contributed by atoms with Gasteiger partial charge in [-0.1, -0.05) is 19.0 Å². The highest BCUT2D eigenvalue weighted by molar-refractivity contribution is 7.12. The van der Waals surface area contributed by atoms with Crippen molar-refractivity contribution in [3.05, 3.63) is 15.6 Å². The van der Waals surface area contributed by atoms with Gasteiger partial charge in [0.2, 0.25) is 0 Å². The second-order valence-electron chi connectivity index (χ2n) is 3.06. The molecule has 3 rings (SSSR count). The Morgan fingerprint density at radius 2 is 1.93 bits per heavy atom. The van der Waals surface area contributed by atoms with E-state index < -0.39 is 0 Å². The van der Waals surface area contributed by atoms with Crippen LogP contribution >= 0.6 is 11.3 Å². The summed E-state index contributed by atoms with van der Waals surface area (Å²) in [5.74, 6) is 0. The van der Waals surface area contributed by atoms with Crippen molar-refractivity contribution in [3.8, 4) is 11.4 Å². The lowest BCUT2D eigenvalue weighted by Gasteiger charge is -2.04. The molecule has 0 saturated carbocycles. The fraction of sp³-hybridized carbons (Fsp3) is 0.500. The van der Waals surface area contributed by atoms with E-state index in [1.54, 1.807) is 11.3 Å². The zero-order valence-electron chi connectivity index (χ0n) is 9.07. The summed E-state index contributed by atoms with van der Waals surface area (Å²) in [5, 5.41) is 8.80. The lowest BCUT2D eigenvalue weighted by Crippen LogP contribution is -2.00. The Bertz CT molecular complexity index is 461. The van der Waals surface area contributed by atoms with Crippen molar-refractivity contribution in [2.45, 2.75) is 33.6 Å². The summed E-state index contributed by atoms with van der Waals surface area (Å²) in [7, 11) is 0. The minimum absolute atomic E-state index is 0.839. The van der Waals surface area contributed by atoms with Crippen molar-refractivity contribution < 1.29 is 4.63 Å². The van der Waals surface area contributed by atoms with Crippen molar-refractivity contribution in [2.24, 2.45) is 0 Å². The van der Waals surface area contributed by atoms with Gasteiger partial charge in [0.1, 0.15) is 11.4 Å². The predicted octanol–water partition coefficient (Wildman–Crippen LogP) is 2.63. The molecule has 1 aliphatic carbocycles. The summed E-state index contributed by atoms with van der Waals surface area (Å²) in [6.45, 7) is 6.01. The molecule has 15 heavy (non-hydrogen) atoms. The van der Waals surface area contributed by atoms with Crippen LogP contribution in [0.3, 0.4) is 0 Å². The van der Waals surface area contributed by atoms with Gasteiger partial charge < -0.3 is 0 Å². The number of hydrogen-bond donors (Lipinski definition) is 0. The maximum atomic E-state index is 4.70. The van der Waals surface area contributed by atoms with Crippen LogP contribution in [-0.4, -0.2) is 15.3 Å². The van der Waals surface area contributed by atoms with E-state index in [1.807, 2.05) is 20.8 Å². The Balaban J connectivity index is 0.000000404. The van der Waals surface area contributed by atoms with Gasteiger partial charge in [-0.25, -0.2) is 9.61 Å². The maximum absolute atomic E-state index is 4.70. The van der Waals surface area contributed by atoms with Gasteiger partial charge in [0.05, 0.1) is 5.01 Å². The van der Waals surface area contributed by atoms with Gasteiger partial charge in [-0.2, -0.15) is 0 Å². The molecule has 2 aromatic rings. The number of nitrogens with zero attached hydrogens (tertiary/aromatic N) is 3. The first-order chi connectivity index (χ1) is 7.34. The van der Waals surface area contributed by atoms with Gasteiger partial charge >= 0.3 is 0 Å². The zero-order valence-corrected chi connectivity index (χ0v) is 9.89. The second-order valence-corrected chi connectivity index (χ2v) is 4.35. The van der Waals surface area contributed by atoms with E-state index in [1.165, 1.54) is 4.88 Å². The molecule has 0 radical (unpaired) electrons. The van der Waals surface area contributed by atoms with Gasteiger partial charge in [-0.05, 0) is 18.5 Å². The van der Waals surface area contributed by atoms with Crippen molar-refractivity contribution >= 4 is 11.3 Å². The highest BCUT2D eigenvalue weighted by Crippen LogP contribution is 2.33. The third-order valence-electron chi connectivity index (χ3n) is 2.17. The normalized spacial score (nSPS) is 12.5. The third-order valence-corrected chi connectivity index (χ3v) is 3.20. The number of thiazole rings is 1. The lowest BCUT2D eigenvalue weighted by atomic mass is 10.0. The number of aryl methyl sites for hydroxylation is 3. The van der Waals surface area contributed by atoms with Crippen LogP contribution in [0.25, 0.3) is 11.4 Å². The van der Waals surface area contributed by atoms with Crippen molar-refractivity contribution in [1.82, 2.24) is 15.3 Å². The molecular formula is C10H13N3OS. The highest BCUT2D eigenvalue weighted by atomic mass is 32.1. The van der Waals surface area contributed by atoms with Gasteiger partial charge in [0, 0.05) is 11.3 Å². The lowest BCUT2D eigenvalue weighted by molar-refractivity contribution is 0.304. The average molecular weight is 223 g/mol. The number of rotatable bonds is 0. The van der Waals surface area contributed by atoms with Gasteiger partial charge in [0.25, 0.3) is 0 Å². The topological polar surface area (TPSA) is 51.8 Å². The van der Waals surface area contributed by atoms with Crippen molar-refractivity contribution in [2.75, 3.05) is 0 Å². The molecule has 0 aliphatic heterocycles.